The second kappa shape index (κ2) is 9.44. The van der Waals surface area contributed by atoms with Gasteiger partial charge in [0.25, 0.3) is 5.56 Å². The molecule has 1 saturated heterocycles. The third kappa shape index (κ3) is 4.47. The first-order valence-corrected chi connectivity index (χ1v) is 10.7. The van der Waals surface area contributed by atoms with Gasteiger partial charge in [-0.1, -0.05) is 12.1 Å². The van der Waals surface area contributed by atoms with E-state index in [9.17, 15) is 14.4 Å². The van der Waals surface area contributed by atoms with Gasteiger partial charge in [0.15, 0.2) is 0 Å². The van der Waals surface area contributed by atoms with Gasteiger partial charge in [0.1, 0.15) is 11.4 Å². The molecule has 1 fully saturated rings. The molecule has 4 rings (SSSR count). The Morgan fingerprint density at radius 3 is 2.59 bits per heavy atom. The van der Waals surface area contributed by atoms with Gasteiger partial charge in [-0.2, -0.15) is 0 Å². The van der Waals surface area contributed by atoms with Crippen molar-refractivity contribution in [3.8, 4) is 5.75 Å². The predicted octanol–water partition coefficient (Wildman–Crippen LogP) is 2.48. The number of urea groups is 1. The number of piperidine rings is 1. The van der Waals surface area contributed by atoms with Gasteiger partial charge in [0, 0.05) is 38.4 Å². The van der Waals surface area contributed by atoms with Crippen molar-refractivity contribution in [3.63, 3.8) is 0 Å². The first kappa shape index (κ1) is 21.9. The Morgan fingerprint density at radius 2 is 1.81 bits per heavy atom. The molecule has 0 spiro atoms. The maximum Gasteiger partial charge on any atom is 0.323 e. The summed E-state index contributed by atoms with van der Waals surface area (Å²) in [7, 11) is 3.11. The Morgan fingerprint density at radius 1 is 1.03 bits per heavy atom. The summed E-state index contributed by atoms with van der Waals surface area (Å²) >= 11 is 0. The van der Waals surface area contributed by atoms with Crippen LogP contribution in [0.5, 0.6) is 5.75 Å². The molecule has 1 aromatic heterocycles. The number of hydrogen-bond acceptors (Lipinski definition) is 5. The highest BCUT2D eigenvalue weighted by molar-refractivity contribution is 6.00. The molecule has 9 nitrogen and oxygen atoms in total. The van der Waals surface area contributed by atoms with E-state index < -0.39 is 6.03 Å². The molecule has 2 atom stereocenters. The number of nitrogens with one attached hydrogen (secondary N) is 2. The Labute approximate surface area is 186 Å². The fourth-order valence-corrected chi connectivity index (χ4v) is 4.62. The standard InChI is InChI=1S/C23H28N4O5/c1-31-10-9-21(28)26-12-15-11-16(14-26)19-8-7-18(22(29)27(19)13-15)25-23(30)24-17-5-3-4-6-20(17)32-2/h3-8,15-16H,9-14H2,1-2H3,(H2,24,25,30). The number of nitrogens with zero attached hydrogens (tertiary/aromatic N) is 2. The second-order valence-electron chi connectivity index (χ2n) is 8.21. The minimum Gasteiger partial charge on any atom is -0.495 e. The number of carbonyl (C=O) groups is 2. The number of anilines is 2. The number of carbonyl (C=O) groups excluding carboxylic acids is 2. The highest BCUT2D eigenvalue weighted by Gasteiger charge is 2.36. The van der Waals surface area contributed by atoms with Crippen molar-refractivity contribution < 1.29 is 19.1 Å². The van der Waals surface area contributed by atoms with Crippen LogP contribution in [0, 0.1) is 5.92 Å². The molecule has 2 aliphatic heterocycles. The lowest BCUT2D eigenvalue weighted by Crippen LogP contribution is -2.49. The zero-order chi connectivity index (χ0) is 22.7. The van der Waals surface area contributed by atoms with Crippen molar-refractivity contribution in [2.45, 2.75) is 25.3 Å². The number of methoxy groups -OCH3 is 2. The summed E-state index contributed by atoms with van der Waals surface area (Å²) in [5.74, 6) is 0.937. The Kier molecular flexibility index (Phi) is 6.45. The summed E-state index contributed by atoms with van der Waals surface area (Å²) in [6.45, 7) is 2.17. The summed E-state index contributed by atoms with van der Waals surface area (Å²) in [6.07, 6.45) is 1.32. The highest BCUT2D eigenvalue weighted by atomic mass is 16.5. The van der Waals surface area contributed by atoms with Crippen LogP contribution in [0.2, 0.25) is 0 Å². The summed E-state index contributed by atoms with van der Waals surface area (Å²) in [5.41, 5.74) is 1.41. The Bertz CT molecular complexity index is 1070. The van der Waals surface area contributed by atoms with Crippen LogP contribution in [0.4, 0.5) is 16.2 Å². The molecular formula is C23H28N4O5. The number of hydrogen-bond donors (Lipinski definition) is 2. The summed E-state index contributed by atoms with van der Waals surface area (Å²) < 4.78 is 12.0. The van der Waals surface area contributed by atoms with Crippen LogP contribution >= 0.6 is 0 Å². The topological polar surface area (TPSA) is 102 Å². The van der Waals surface area contributed by atoms with Gasteiger partial charge in [-0.3, -0.25) is 9.59 Å². The number of amides is 3. The van der Waals surface area contributed by atoms with E-state index in [2.05, 4.69) is 10.6 Å². The van der Waals surface area contributed by atoms with Crippen LogP contribution < -0.4 is 20.9 Å². The molecule has 2 bridgehead atoms. The average molecular weight is 441 g/mol. The number of fused-ring (bicyclic) bond motifs is 4. The molecule has 2 aromatic rings. The van der Waals surface area contributed by atoms with E-state index in [0.717, 1.165) is 12.1 Å². The lowest BCUT2D eigenvalue weighted by Gasteiger charge is -2.43. The van der Waals surface area contributed by atoms with Crippen LogP contribution in [-0.2, 0) is 16.1 Å². The van der Waals surface area contributed by atoms with Crippen molar-refractivity contribution in [3.05, 3.63) is 52.4 Å². The summed E-state index contributed by atoms with van der Waals surface area (Å²) in [5, 5.41) is 5.37. The minimum absolute atomic E-state index is 0.0867. The van der Waals surface area contributed by atoms with Crippen LogP contribution in [0.15, 0.2) is 41.2 Å². The van der Waals surface area contributed by atoms with Crippen molar-refractivity contribution in [2.75, 3.05) is 44.5 Å². The van der Waals surface area contributed by atoms with E-state index in [1.807, 2.05) is 11.0 Å². The van der Waals surface area contributed by atoms with Crippen molar-refractivity contribution in [2.24, 2.45) is 5.92 Å². The molecule has 3 amide bonds. The fraction of sp³-hybridized carbons (Fsp3) is 0.435. The maximum absolute atomic E-state index is 13.1. The number of aromatic nitrogens is 1. The smallest absolute Gasteiger partial charge is 0.323 e. The van der Waals surface area contributed by atoms with E-state index in [0.29, 0.717) is 44.1 Å². The molecule has 0 radical (unpaired) electrons. The normalized spacial score (nSPS) is 19.1. The van der Waals surface area contributed by atoms with E-state index in [4.69, 9.17) is 9.47 Å². The third-order valence-electron chi connectivity index (χ3n) is 6.08. The van der Waals surface area contributed by atoms with Crippen molar-refractivity contribution in [1.82, 2.24) is 9.47 Å². The molecule has 0 saturated carbocycles. The number of para-hydroxylation sites is 2. The molecule has 0 aliphatic carbocycles. The SMILES string of the molecule is COCCC(=O)N1CC2CC(C1)c1ccc(NC(=O)Nc3ccccc3OC)c(=O)n1C2. The van der Waals surface area contributed by atoms with Crippen LogP contribution in [0.3, 0.4) is 0 Å². The van der Waals surface area contributed by atoms with Crippen LogP contribution in [-0.4, -0.2) is 55.3 Å². The van der Waals surface area contributed by atoms with Crippen LogP contribution in [0.1, 0.15) is 24.5 Å². The lowest BCUT2D eigenvalue weighted by molar-refractivity contribution is -0.134. The largest absolute Gasteiger partial charge is 0.495 e. The molecule has 2 unspecified atom stereocenters. The van der Waals surface area contributed by atoms with Crippen LogP contribution in [0.25, 0.3) is 0 Å². The monoisotopic (exact) mass is 440 g/mol. The Balaban J connectivity index is 1.48. The first-order chi connectivity index (χ1) is 15.5. The Hall–Kier alpha value is -3.33. The van der Waals surface area contributed by atoms with Gasteiger partial charge >= 0.3 is 6.03 Å². The molecule has 1 aromatic carbocycles. The third-order valence-corrected chi connectivity index (χ3v) is 6.08. The average Bonchev–Trinajstić information content (AvgIpc) is 2.79. The molecule has 32 heavy (non-hydrogen) atoms. The molecular weight excluding hydrogens is 412 g/mol. The van der Waals surface area contributed by atoms with Gasteiger partial charge < -0.3 is 29.6 Å². The number of benzene rings is 1. The van der Waals surface area contributed by atoms with E-state index in [1.165, 1.54) is 7.11 Å². The number of likely N-dealkylation sites (tertiary alicyclic amines) is 1. The van der Waals surface area contributed by atoms with Gasteiger partial charge in [-0.25, -0.2) is 4.79 Å². The van der Waals surface area contributed by atoms with Crippen molar-refractivity contribution in [1.29, 1.82) is 0 Å². The van der Waals surface area contributed by atoms with Crippen molar-refractivity contribution >= 4 is 23.3 Å². The minimum atomic E-state index is -0.516. The van der Waals surface area contributed by atoms with Gasteiger partial charge in [0.2, 0.25) is 5.91 Å². The second-order valence-corrected chi connectivity index (χ2v) is 8.21. The molecule has 2 aliphatic rings. The van der Waals surface area contributed by atoms with Gasteiger partial charge in [-0.15, -0.1) is 0 Å². The first-order valence-electron chi connectivity index (χ1n) is 10.7. The van der Waals surface area contributed by atoms with E-state index in [1.54, 1.807) is 42.0 Å². The molecule has 2 N–H and O–H groups in total. The summed E-state index contributed by atoms with van der Waals surface area (Å²) in [6, 6.07) is 10.1. The van der Waals surface area contributed by atoms with E-state index in [-0.39, 0.29) is 29.0 Å². The van der Waals surface area contributed by atoms with E-state index >= 15 is 0 Å². The number of pyridine rings is 1. The molecule has 3 heterocycles. The zero-order valence-electron chi connectivity index (χ0n) is 18.3. The van der Waals surface area contributed by atoms with Gasteiger partial charge in [-0.05, 0) is 36.6 Å². The zero-order valence-corrected chi connectivity index (χ0v) is 18.3. The lowest BCUT2D eigenvalue weighted by atomic mass is 9.83. The molecule has 9 heteroatoms. The number of rotatable bonds is 6. The number of ether oxygens (including phenoxy) is 2. The highest BCUT2D eigenvalue weighted by Crippen LogP contribution is 2.35. The maximum atomic E-state index is 13.1. The summed E-state index contributed by atoms with van der Waals surface area (Å²) in [4.78, 5) is 39.9. The van der Waals surface area contributed by atoms with Gasteiger partial charge in [0.05, 0.1) is 25.8 Å². The fourth-order valence-electron chi connectivity index (χ4n) is 4.62. The quantitative estimate of drug-likeness (QED) is 0.719. The molecule has 170 valence electrons. The predicted molar refractivity (Wildman–Crippen MR) is 120 cm³/mol.